The third-order valence-corrected chi connectivity index (χ3v) is 5.39. The van der Waals surface area contributed by atoms with E-state index in [1.807, 2.05) is 37.3 Å². The van der Waals surface area contributed by atoms with Crippen LogP contribution >= 0.6 is 11.3 Å². The molecular formula is C15H14N4O2S2. The third-order valence-electron chi connectivity index (χ3n) is 3.17. The fourth-order valence-corrected chi connectivity index (χ4v) is 3.98. The fraction of sp³-hybridized carbons (Fsp3) is 0.133. The van der Waals surface area contributed by atoms with Gasteiger partial charge in [-0.1, -0.05) is 37.3 Å². The van der Waals surface area contributed by atoms with E-state index in [4.69, 9.17) is 0 Å². The molecule has 0 aliphatic rings. The van der Waals surface area contributed by atoms with Crippen LogP contribution in [-0.4, -0.2) is 23.4 Å². The molecule has 6 nitrogen and oxygen atoms in total. The molecule has 23 heavy (non-hydrogen) atoms. The van der Waals surface area contributed by atoms with Crippen LogP contribution in [0, 0.1) is 0 Å². The summed E-state index contributed by atoms with van der Waals surface area (Å²) in [7, 11) is -3.72. The quantitative estimate of drug-likeness (QED) is 0.768. The molecule has 0 radical (unpaired) electrons. The molecule has 2 aromatic heterocycles. The van der Waals surface area contributed by atoms with Crippen molar-refractivity contribution >= 4 is 26.4 Å². The maximum absolute atomic E-state index is 12.4. The summed E-state index contributed by atoms with van der Waals surface area (Å²) in [5.41, 5.74) is 3.17. The maximum atomic E-state index is 12.4. The highest BCUT2D eigenvalue weighted by Gasteiger charge is 2.18. The van der Waals surface area contributed by atoms with Gasteiger partial charge in [-0.3, -0.25) is 4.72 Å². The second kappa shape index (κ2) is 6.43. The van der Waals surface area contributed by atoms with Gasteiger partial charge in [0.25, 0.3) is 10.0 Å². The molecule has 0 bridgehead atoms. The zero-order valence-corrected chi connectivity index (χ0v) is 13.9. The average molecular weight is 346 g/mol. The van der Waals surface area contributed by atoms with Gasteiger partial charge in [-0.15, -0.1) is 11.3 Å². The minimum atomic E-state index is -3.72. The molecule has 8 heteroatoms. The van der Waals surface area contributed by atoms with Crippen molar-refractivity contribution in [3.63, 3.8) is 0 Å². The predicted molar refractivity (Wildman–Crippen MR) is 89.8 cm³/mol. The summed E-state index contributed by atoms with van der Waals surface area (Å²) in [5, 5.41) is 0.527. The molecule has 0 amide bonds. The van der Waals surface area contributed by atoms with Crippen LogP contribution in [0.4, 0.5) is 5.00 Å². The first-order valence-electron chi connectivity index (χ1n) is 6.93. The number of sulfonamides is 1. The number of aromatic nitrogens is 3. The molecule has 118 valence electrons. The Balaban J connectivity index is 1.86. The highest BCUT2D eigenvalue weighted by atomic mass is 32.2. The Morgan fingerprint density at radius 1 is 1.09 bits per heavy atom. The summed E-state index contributed by atoms with van der Waals surface area (Å²) in [5.74, 6) is 0.483. The summed E-state index contributed by atoms with van der Waals surface area (Å²) < 4.78 is 27.3. The molecule has 0 fully saturated rings. The van der Waals surface area contributed by atoms with E-state index in [1.54, 1.807) is 5.51 Å². The molecule has 1 aromatic carbocycles. The van der Waals surface area contributed by atoms with E-state index in [9.17, 15) is 8.42 Å². The Labute approximate surface area is 138 Å². The fourth-order valence-electron chi connectivity index (χ4n) is 1.98. The minimum Gasteiger partial charge on any atom is -0.269 e. The van der Waals surface area contributed by atoms with Crippen molar-refractivity contribution < 1.29 is 8.42 Å². The summed E-state index contributed by atoms with van der Waals surface area (Å²) in [4.78, 5) is 12.4. The maximum Gasteiger partial charge on any atom is 0.265 e. The van der Waals surface area contributed by atoms with Crippen molar-refractivity contribution in [2.75, 3.05) is 4.72 Å². The smallest absolute Gasteiger partial charge is 0.265 e. The van der Waals surface area contributed by atoms with Crippen molar-refractivity contribution in [3.8, 4) is 11.4 Å². The lowest BCUT2D eigenvalue weighted by Gasteiger charge is -2.07. The highest BCUT2D eigenvalue weighted by Crippen LogP contribution is 2.24. The number of nitrogens with zero attached hydrogens (tertiary/aromatic N) is 3. The van der Waals surface area contributed by atoms with Gasteiger partial charge in [0.1, 0.15) is 9.90 Å². The van der Waals surface area contributed by atoms with E-state index in [0.29, 0.717) is 17.2 Å². The lowest BCUT2D eigenvalue weighted by molar-refractivity contribution is 0.600. The SMILES string of the molecule is CCc1ncsc1NS(=O)(=O)c1cnc(-c2ccccc2)nc1. The zero-order chi connectivity index (χ0) is 16.3. The summed E-state index contributed by atoms with van der Waals surface area (Å²) >= 11 is 1.25. The molecule has 3 rings (SSSR count). The van der Waals surface area contributed by atoms with Crippen LogP contribution in [0.3, 0.4) is 0 Å². The lowest BCUT2D eigenvalue weighted by Crippen LogP contribution is -2.14. The van der Waals surface area contributed by atoms with Gasteiger partial charge < -0.3 is 0 Å². The minimum absolute atomic E-state index is 0.0210. The predicted octanol–water partition coefficient (Wildman–Crippen LogP) is 2.96. The number of hydrogen-bond acceptors (Lipinski definition) is 6. The second-order valence-corrected chi connectivity index (χ2v) is 7.23. The number of rotatable bonds is 5. The Morgan fingerprint density at radius 3 is 2.43 bits per heavy atom. The second-order valence-electron chi connectivity index (χ2n) is 4.70. The molecule has 0 aliphatic heterocycles. The van der Waals surface area contributed by atoms with Crippen LogP contribution in [0.1, 0.15) is 12.6 Å². The number of benzene rings is 1. The van der Waals surface area contributed by atoms with Gasteiger partial charge in [-0.05, 0) is 6.42 Å². The monoisotopic (exact) mass is 346 g/mol. The van der Waals surface area contributed by atoms with Crippen LogP contribution in [0.5, 0.6) is 0 Å². The molecule has 0 spiro atoms. The van der Waals surface area contributed by atoms with Gasteiger partial charge >= 0.3 is 0 Å². The molecule has 3 aromatic rings. The largest absolute Gasteiger partial charge is 0.269 e. The summed E-state index contributed by atoms with van der Waals surface area (Å²) in [6.07, 6.45) is 3.28. The van der Waals surface area contributed by atoms with Gasteiger partial charge in [0.15, 0.2) is 5.82 Å². The molecular weight excluding hydrogens is 332 g/mol. The number of nitrogens with one attached hydrogen (secondary N) is 1. The number of aryl methyl sites for hydroxylation is 1. The summed E-state index contributed by atoms with van der Waals surface area (Å²) in [6, 6.07) is 9.38. The normalized spacial score (nSPS) is 11.3. The average Bonchev–Trinajstić information content (AvgIpc) is 3.02. The Morgan fingerprint density at radius 2 is 1.78 bits per heavy atom. The number of hydrogen-bond donors (Lipinski definition) is 1. The van der Waals surface area contributed by atoms with E-state index in [-0.39, 0.29) is 4.90 Å². The van der Waals surface area contributed by atoms with Gasteiger partial charge in [0.2, 0.25) is 0 Å². The van der Waals surface area contributed by atoms with Gasteiger partial charge in [-0.2, -0.15) is 0 Å². The van der Waals surface area contributed by atoms with E-state index in [0.717, 1.165) is 11.3 Å². The van der Waals surface area contributed by atoms with Crippen LogP contribution < -0.4 is 4.72 Å². The Hall–Kier alpha value is -2.32. The van der Waals surface area contributed by atoms with Crippen LogP contribution in [-0.2, 0) is 16.4 Å². The van der Waals surface area contributed by atoms with E-state index in [2.05, 4.69) is 19.7 Å². The topological polar surface area (TPSA) is 84.8 Å². The van der Waals surface area contributed by atoms with Gasteiger partial charge in [0.05, 0.1) is 23.6 Å². The van der Waals surface area contributed by atoms with Crippen molar-refractivity contribution in [1.82, 2.24) is 15.0 Å². The van der Waals surface area contributed by atoms with E-state index >= 15 is 0 Å². The molecule has 0 aliphatic carbocycles. The first kappa shape index (κ1) is 15.6. The van der Waals surface area contributed by atoms with E-state index < -0.39 is 10.0 Å². The number of anilines is 1. The molecule has 1 N–H and O–H groups in total. The first-order chi connectivity index (χ1) is 11.1. The van der Waals surface area contributed by atoms with Crippen molar-refractivity contribution in [1.29, 1.82) is 0 Å². The highest BCUT2D eigenvalue weighted by molar-refractivity contribution is 7.93. The lowest BCUT2D eigenvalue weighted by atomic mass is 10.2. The molecule has 0 saturated heterocycles. The van der Waals surface area contributed by atoms with Crippen LogP contribution in [0.15, 0.2) is 53.1 Å². The molecule has 0 saturated carbocycles. The van der Waals surface area contributed by atoms with Gasteiger partial charge in [-0.25, -0.2) is 23.4 Å². The van der Waals surface area contributed by atoms with Gasteiger partial charge in [0, 0.05) is 5.56 Å². The summed E-state index contributed by atoms with van der Waals surface area (Å²) in [6.45, 7) is 1.92. The molecule has 0 atom stereocenters. The van der Waals surface area contributed by atoms with Crippen molar-refractivity contribution in [2.45, 2.75) is 18.2 Å². The van der Waals surface area contributed by atoms with Crippen molar-refractivity contribution in [2.24, 2.45) is 0 Å². The first-order valence-corrected chi connectivity index (χ1v) is 9.29. The Bertz CT molecular complexity index is 891. The molecule has 0 unspecified atom stereocenters. The van der Waals surface area contributed by atoms with Crippen molar-refractivity contribution in [3.05, 3.63) is 53.9 Å². The standard InChI is InChI=1S/C15H14N4O2S2/c1-2-13-15(22-10-18-13)19-23(20,21)12-8-16-14(17-9-12)11-6-4-3-5-7-11/h3-10,19H,2H2,1H3. The Kier molecular flexibility index (Phi) is 4.35. The number of thiazole rings is 1. The third kappa shape index (κ3) is 3.38. The zero-order valence-electron chi connectivity index (χ0n) is 12.3. The van der Waals surface area contributed by atoms with E-state index in [1.165, 1.54) is 23.7 Å². The van der Waals surface area contributed by atoms with Crippen LogP contribution in [0.25, 0.3) is 11.4 Å². The molecule has 2 heterocycles. The van der Waals surface area contributed by atoms with Crippen LogP contribution in [0.2, 0.25) is 0 Å².